The van der Waals surface area contributed by atoms with Crippen LogP contribution in [0.15, 0.2) is 146 Å². The molecule has 5 atom stereocenters. The highest BCUT2D eigenvalue weighted by Crippen LogP contribution is 2.47. The van der Waals surface area contributed by atoms with Crippen LogP contribution in [0, 0.1) is 0 Å². The molecule has 694 valence electrons. The first-order valence-corrected chi connectivity index (χ1v) is 46.9. The van der Waals surface area contributed by atoms with Crippen LogP contribution in [0.2, 0.25) is 0 Å². The minimum absolute atomic E-state index is 0.0795. The number of carboxylic acid groups (broad SMARTS) is 1. The Morgan fingerprint density at radius 1 is 0.367 bits per heavy atom. The van der Waals surface area contributed by atoms with E-state index in [2.05, 4.69) is 65.8 Å². The molecule has 17 N–H and O–H groups in total. The number of primary amides is 2. The van der Waals surface area contributed by atoms with Crippen molar-refractivity contribution in [3.63, 3.8) is 0 Å². The number of alkyl carbamates (subject to hydrolysis) is 2. The first-order chi connectivity index (χ1) is 61.2. The summed E-state index contributed by atoms with van der Waals surface area (Å²) in [5.41, 5.74) is 34.9. The number of carbonyl (C=O) groups is 13. The Kier molecular flexibility index (Phi) is 43.8. The number of benzene rings is 6. The van der Waals surface area contributed by atoms with Crippen molar-refractivity contribution >= 4 is 121 Å². The van der Waals surface area contributed by atoms with E-state index in [9.17, 15) is 67.4 Å². The monoisotopic (exact) mass is 1850 g/mol. The first-order valence-electron chi connectivity index (χ1n) is 41.9. The van der Waals surface area contributed by atoms with Gasteiger partial charge >= 0.3 is 36.4 Å². The lowest BCUT2D eigenvalue weighted by Gasteiger charge is -2.24. The van der Waals surface area contributed by atoms with E-state index in [0.717, 1.165) is 78.3 Å². The Bertz CT molecular complexity index is 4580. The van der Waals surface area contributed by atoms with E-state index in [0.29, 0.717) is 57.2 Å². The van der Waals surface area contributed by atoms with Crippen LogP contribution in [-0.2, 0) is 76.6 Å². The van der Waals surface area contributed by atoms with Gasteiger partial charge in [0.15, 0.2) is 19.8 Å². The molecule has 0 aromatic heterocycles. The van der Waals surface area contributed by atoms with Crippen molar-refractivity contribution in [2.75, 3.05) is 82.3 Å². The average molecular weight is 1850 g/mol. The number of aliphatic carboxylic acids is 1. The molecular weight excluding hydrogens is 1730 g/mol. The Balaban J connectivity index is 0.000000265. The van der Waals surface area contributed by atoms with Crippen LogP contribution in [0.4, 0.5) is 24.0 Å². The summed E-state index contributed by atoms with van der Waals surface area (Å²) in [6, 6.07) is 43.4. The standard InChI is InChI=1S/C33H45N5O8S2.C28H37N5O6S2.C28H35N3O8/c1-5-47-48-20-27(29(34)40)36-30(41)26(37-31(42)46-33(2,3)4)16-10-11-17-35-28(39)19-45-38-32(43)44-18-25-23-14-8-6-12-21(23)22-13-7-9-15-24(22)25;1-2-40-41-17-24(26(30)35)32-27(36)23(29)13-7-8-14-31-25(34)16-39-33-28(37)38-15-22-20-11-5-3-9-18(20)19-10-4-6-12-21(19)22;1-28(2,3)39-26(35)30-23(25(33)34)14-8-9-15-29-24(32)17-38-31-27(36)37-16-22-20-12-6-4-10-18(20)19-11-5-7-13-21(19)22/h6-9,12-15,25-27H,5,10-11,16-20H2,1-4H3,(H2,34,40)(H,35,39)(H,36,41)(H,37,42)(H,38,43);3-6,9-12,22-24H,2,7-8,13-17,29H2,1H3,(H2,30,35)(H,31,34)(H,32,36)(H,33,37);4-7,10-13,22-23H,8-9,14-17H2,1-3H3,(H,29,32)(H,30,35)(H,31,36)(H,33,34)/t26-,27-;23-,24-;23-/m000/s1. The van der Waals surface area contributed by atoms with Crippen molar-refractivity contribution in [1.29, 1.82) is 0 Å². The minimum Gasteiger partial charge on any atom is -0.480 e. The molecule has 0 aliphatic heterocycles. The van der Waals surface area contributed by atoms with Crippen molar-refractivity contribution < 1.29 is 106 Å². The van der Waals surface area contributed by atoms with Crippen molar-refractivity contribution in [2.24, 2.45) is 17.2 Å². The van der Waals surface area contributed by atoms with E-state index in [1.165, 1.54) is 32.4 Å². The summed E-state index contributed by atoms with van der Waals surface area (Å²) in [7, 11) is 5.98. The summed E-state index contributed by atoms with van der Waals surface area (Å²) in [5, 5.41) is 27.4. The normalized spacial score (nSPS) is 13.3. The smallest absolute Gasteiger partial charge is 0.431 e. The highest BCUT2D eigenvalue weighted by Gasteiger charge is 2.35. The topological polar surface area (TPSA) is 514 Å². The van der Waals surface area contributed by atoms with Gasteiger partial charge in [0.1, 0.15) is 55.2 Å². The third kappa shape index (κ3) is 35.7. The second-order valence-corrected chi connectivity index (χ2v) is 36.9. The minimum atomic E-state index is -1.17. The van der Waals surface area contributed by atoms with Crippen LogP contribution >= 0.6 is 43.2 Å². The van der Waals surface area contributed by atoms with Gasteiger partial charge in [0.25, 0.3) is 0 Å². The maximum atomic E-state index is 13.0. The Hall–Kier alpha value is -11.3. The van der Waals surface area contributed by atoms with E-state index < -0.39 is 132 Å². The number of ether oxygens (including phenoxy) is 5. The summed E-state index contributed by atoms with van der Waals surface area (Å²) >= 11 is 0. The highest BCUT2D eigenvalue weighted by atomic mass is 33.1. The van der Waals surface area contributed by atoms with Gasteiger partial charge in [-0.2, -0.15) is 16.4 Å². The summed E-state index contributed by atoms with van der Waals surface area (Å²) in [4.78, 5) is 172. The van der Waals surface area contributed by atoms with Gasteiger partial charge in [0, 0.05) is 60.4 Å². The molecule has 0 unspecified atom stereocenters. The van der Waals surface area contributed by atoms with Gasteiger partial charge in [-0.05, 0) is 166 Å². The average Bonchev–Trinajstić information content (AvgIpc) is 1.63. The fourth-order valence-corrected chi connectivity index (χ4v) is 17.2. The lowest BCUT2D eigenvalue weighted by molar-refractivity contribution is -0.140. The number of nitrogens with one attached hydrogen (secondary N) is 10. The van der Waals surface area contributed by atoms with E-state index in [1.807, 2.05) is 147 Å². The third-order valence-corrected chi connectivity index (χ3v) is 24.4. The zero-order valence-corrected chi connectivity index (χ0v) is 76.2. The van der Waals surface area contributed by atoms with Crippen molar-refractivity contribution in [3.05, 3.63) is 179 Å². The molecule has 0 bridgehead atoms. The number of hydrogen-bond donors (Lipinski definition) is 14. The molecule has 12 amide bonds. The van der Waals surface area contributed by atoms with Gasteiger partial charge in [0.05, 0.1) is 6.04 Å². The predicted octanol–water partition coefficient (Wildman–Crippen LogP) is 10.2. The maximum Gasteiger partial charge on any atom is 0.431 e. The molecule has 0 saturated carbocycles. The molecule has 3 aliphatic carbocycles. The summed E-state index contributed by atoms with van der Waals surface area (Å²) in [6.07, 6.45) is -0.239. The lowest BCUT2D eigenvalue weighted by Crippen LogP contribution is -2.54. The molecule has 9 rings (SSSR count). The summed E-state index contributed by atoms with van der Waals surface area (Å²) < 4.78 is 26.5. The van der Waals surface area contributed by atoms with Crippen molar-refractivity contribution in [1.82, 2.24) is 53.7 Å². The number of unbranched alkanes of at least 4 members (excludes halogenated alkanes) is 3. The maximum absolute atomic E-state index is 13.0. The van der Waals surface area contributed by atoms with Gasteiger partial charge in [0.2, 0.25) is 41.4 Å². The zero-order chi connectivity index (χ0) is 93.1. The van der Waals surface area contributed by atoms with Crippen LogP contribution in [0.1, 0.15) is 164 Å². The number of rotatable bonds is 47. The predicted molar refractivity (Wildman–Crippen MR) is 488 cm³/mol. The van der Waals surface area contributed by atoms with Gasteiger partial charge in [-0.1, -0.05) is 203 Å². The van der Waals surface area contributed by atoms with E-state index in [1.54, 1.807) is 52.3 Å². The van der Waals surface area contributed by atoms with E-state index >= 15 is 0 Å². The van der Waals surface area contributed by atoms with Crippen LogP contribution in [0.3, 0.4) is 0 Å². The molecule has 128 heavy (non-hydrogen) atoms. The van der Waals surface area contributed by atoms with Gasteiger partial charge in [-0.25, -0.2) is 28.8 Å². The second-order valence-electron chi connectivity index (χ2n) is 31.3. The number of carbonyl (C=O) groups excluding carboxylic acids is 12. The van der Waals surface area contributed by atoms with Gasteiger partial charge in [-0.15, -0.1) is 0 Å². The number of fused-ring (bicyclic) bond motifs is 9. The fourth-order valence-electron chi connectivity index (χ4n) is 13.5. The molecule has 6 aromatic carbocycles. The Morgan fingerprint density at radius 2 is 0.648 bits per heavy atom. The van der Waals surface area contributed by atoms with Crippen LogP contribution in [0.25, 0.3) is 33.4 Å². The van der Waals surface area contributed by atoms with E-state index in [4.69, 9.17) is 55.4 Å². The van der Waals surface area contributed by atoms with Crippen LogP contribution in [-0.4, -0.2) is 207 Å². The summed E-state index contributed by atoms with van der Waals surface area (Å²) in [6.45, 7) is 14.1. The third-order valence-electron chi connectivity index (χ3n) is 19.4. The quantitative estimate of drug-likeness (QED) is 0.00730. The molecule has 6 aromatic rings. The van der Waals surface area contributed by atoms with Crippen LogP contribution in [0.5, 0.6) is 0 Å². The largest absolute Gasteiger partial charge is 0.480 e. The van der Waals surface area contributed by atoms with Gasteiger partial charge in [-0.3, -0.25) is 48.1 Å². The van der Waals surface area contributed by atoms with Crippen molar-refractivity contribution in [3.8, 4) is 33.4 Å². The number of hydroxylamine groups is 3. The van der Waals surface area contributed by atoms with Crippen LogP contribution < -0.4 is 70.9 Å². The number of carboxylic acids is 1. The fraction of sp³-hybridized carbons (Fsp3) is 0.449. The molecule has 0 heterocycles. The van der Waals surface area contributed by atoms with Crippen molar-refractivity contribution in [2.45, 2.75) is 172 Å². The SMILES string of the molecule is CC(C)(C)OC(=O)N[C@@H](CCCCNC(=O)CONC(=O)OCC1c2ccccc2-c2ccccc21)C(=O)O.CCSSC[C@H](NC(=O)[C@@H](N)CCCCNC(=O)CONC(=O)OCC1c2ccccc2-c2ccccc21)C(N)=O.CCSSC[C@H](NC(=O)[C@H](CCCCNC(=O)CONC(=O)OCC1c2ccccc2-c2ccccc21)NC(=O)OC(C)(C)C)C(N)=O. The lowest BCUT2D eigenvalue weighted by atomic mass is 9.98. The Morgan fingerprint density at radius 3 is 0.938 bits per heavy atom. The number of amides is 12. The molecule has 35 nitrogen and oxygen atoms in total. The molecule has 39 heteroatoms. The number of nitrogens with two attached hydrogens (primary N) is 3. The first kappa shape index (κ1) is 104. The molecule has 0 radical (unpaired) electrons. The van der Waals surface area contributed by atoms with Gasteiger partial charge < -0.3 is 83.2 Å². The summed E-state index contributed by atoms with van der Waals surface area (Å²) in [5.74, 6) is -2.73. The zero-order valence-electron chi connectivity index (χ0n) is 72.9. The molecule has 0 spiro atoms. The second kappa shape index (κ2) is 54.1. The molecule has 0 saturated heterocycles. The number of hydrogen-bond acceptors (Lipinski definition) is 26. The molecular formula is C89H117N13O22S4. The Labute approximate surface area is 760 Å². The molecule has 3 aliphatic rings. The molecule has 0 fully saturated rings. The van der Waals surface area contributed by atoms with E-state index in [-0.39, 0.29) is 75.9 Å². The highest BCUT2D eigenvalue weighted by molar-refractivity contribution is 8.77.